The summed E-state index contributed by atoms with van der Waals surface area (Å²) in [5.74, 6) is 0. The Kier molecular flexibility index (Phi) is 2.62. The molecule has 1 aromatic rings. The number of rotatable bonds is 2. The summed E-state index contributed by atoms with van der Waals surface area (Å²) in [6.07, 6.45) is 0.902. The molecule has 0 amide bonds. The summed E-state index contributed by atoms with van der Waals surface area (Å²) in [6, 6.07) is 0.222. The Balaban J connectivity index is 2.73. The van der Waals surface area contributed by atoms with Crippen LogP contribution in [0.4, 0.5) is 0 Å². The molecular weight excluding hydrogens is 156 g/mol. The SMILES string of the molecule is Cc1nc(CC(C)N)sc1C. The van der Waals surface area contributed by atoms with E-state index in [0.717, 1.165) is 17.1 Å². The highest BCUT2D eigenvalue weighted by Crippen LogP contribution is 2.17. The number of aryl methyl sites for hydroxylation is 2. The zero-order valence-electron chi connectivity index (χ0n) is 7.22. The molecule has 11 heavy (non-hydrogen) atoms. The average molecular weight is 170 g/mol. The molecule has 0 fully saturated rings. The second kappa shape index (κ2) is 3.32. The molecule has 1 aromatic heterocycles. The number of nitrogens with two attached hydrogens (primary N) is 1. The van der Waals surface area contributed by atoms with Gasteiger partial charge in [-0.15, -0.1) is 11.3 Å². The van der Waals surface area contributed by atoms with Crippen LogP contribution in [0.2, 0.25) is 0 Å². The molecular formula is C8H14N2S. The van der Waals surface area contributed by atoms with Crippen molar-refractivity contribution in [2.45, 2.75) is 33.2 Å². The molecule has 1 rings (SSSR count). The average Bonchev–Trinajstić information content (AvgIpc) is 2.10. The summed E-state index contributed by atoms with van der Waals surface area (Å²) in [6.45, 7) is 6.14. The first kappa shape index (κ1) is 8.68. The molecule has 0 saturated carbocycles. The minimum Gasteiger partial charge on any atom is -0.328 e. The van der Waals surface area contributed by atoms with Crippen molar-refractivity contribution >= 4 is 11.3 Å². The van der Waals surface area contributed by atoms with Crippen LogP contribution in [0, 0.1) is 13.8 Å². The van der Waals surface area contributed by atoms with Crippen LogP contribution in [0.3, 0.4) is 0 Å². The van der Waals surface area contributed by atoms with Crippen molar-refractivity contribution in [1.82, 2.24) is 4.98 Å². The predicted molar refractivity (Wildman–Crippen MR) is 48.9 cm³/mol. The second-order valence-corrected chi connectivity index (χ2v) is 4.22. The fourth-order valence-corrected chi connectivity index (χ4v) is 1.98. The lowest BCUT2D eigenvalue weighted by atomic mass is 10.3. The molecule has 1 atom stereocenters. The Morgan fingerprint density at radius 3 is 2.55 bits per heavy atom. The van der Waals surface area contributed by atoms with Crippen LogP contribution >= 0.6 is 11.3 Å². The maximum absolute atomic E-state index is 5.65. The molecule has 2 N–H and O–H groups in total. The summed E-state index contributed by atoms with van der Waals surface area (Å²) in [7, 11) is 0. The lowest BCUT2D eigenvalue weighted by molar-refractivity contribution is 0.732. The molecule has 0 saturated heterocycles. The van der Waals surface area contributed by atoms with Gasteiger partial charge in [-0.25, -0.2) is 4.98 Å². The van der Waals surface area contributed by atoms with Gasteiger partial charge in [-0.1, -0.05) is 0 Å². The van der Waals surface area contributed by atoms with Crippen molar-refractivity contribution in [1.29, 1.82) is 0 Å². The van der Waals surface area contributed by atoms with E-state index >= 15 is 0 Å². The lowest BCUT2D eigenvalue weighted by Gasteiger charge is -1.98. The first-order chi connectivity index (χ1) is 5.09. The second-order valence-electron chi connectivity index (χ2n) is 2.93. The van der Waals surface area contributed by atoms with Crippen molar-refractivity contribution in [2.24, 2.45) is 5.73 Å². The van der Waals surface area contributed by atoms with Gasteiger partial charge in [0.15, 0.2) is 0 Å². The number of thiazole rings is 1. The van der Waals surface area contributed by atoms with Gasteiger partial charge in [0.2, 0.25) is 0 Å². The molecule has 3 heteroatoms. The molecule has 1 heterocycles. The third-order valence-corrected chi connectivity index (χ3v) is 2.66. The molecule has 0 radical (unpaired) electrons. The van der Waals surface area contributed by atoms with Gasteiger partial charge in [0.05, 0.1) is 10.7 Å². The van der Waals surface area contributed by atoms with Crippen LogP contribution in [-0.4, -0.2) is 11.0 Å². The molecule has 0 aromatic carbocycles. The monoisotopic (exact) mass is 170 g/mol. The van der Waals surface area contributed by atoms with E-state index in [2.05, 4.69) is 11.9 Å². The summed E-state index contributed by atoms with van der Waals surface area (Å²) < 4.78 is 0. The minimum atomic E-state index is 0.222. The van der Waals surface area contributed by atoms with E-state index in [1.807, 2.05) is 13.8 Å². The van der Waals surface area contributed by atoms with E-state index in [9.17, 15) is 0 Å². The fraction of sp³-hybridized carbons (Fsp3) is 0.625. The number of hydrogen-bond acceptors (Lipinski definition) is 3. The molecule has 0 aliphatic rings. The van der Waals surface area contributed by atoms with Gasteiger partial charge in [0.1, 0.15) is 0 Å². The van der Waals surface area contributed by atoms with Crippen LogP contribution in [0.5, 0.6) is 0 Å². The maximum atomic E-state index is 5.65. The summed E-state index contributed by atoms with van der Waals surface area (Å²) in [5, 5.41) is 1.16. The topological polar surface area (TPSA) is 38.9 Å². The van der Waals surface area contributed by atoms with E-state index in [4.69, 9.17) is 5.73 Å². The van der Waals surface area contributed by atoms with E-state index in [1.165, 1.54) is 4.88 Å². The van der Waals surface area contributed by atoms with Crippen LogP contribution in [0.25, 0.3) is 0 Å². The highest BCUT2D eigenvalue weighted by Gasteiger charge is 2.04. The molecule has 0 aliphatic carbocycles. The first-order valence-electron chi connectivity index (χ1n) is 3.78. The van der Waals surface area contributed by atoms with E-state index < -0.39 is 0 Å². The third kappa shape index (κ3) is 2.27. The molecule has 0 bridgehead atoms. The van der Waals surface area contributed by atoms with Crippen molar-refractivity contribution in [2.75, 3.05) is 0 Å². The minimum absolute atomic E-state index is 0.222. The third-order valence-electron chi connectivity index (χ3n) is 1.57. The maximum Gasteiger partial charge on any atom is 0.0946 e. The smallest absolute Gasteiger partial charge is 0.0946 e. The first-order valence-corrected chi connectivity index (χ1v) is 4.59. The van der Waals surface area contributed by atoms with Gasteiger partial charge in [0, 0.05) is 17.3 Å². The van der Waals surface area contributed by atoms with Gasteiger partial charge in [-0.05, 0) is 20.8 Å². The van der Waals surface area contributed by atoms with Crippen LogP contribution < -0.4 is 5.73 Å². The van der Waals surface area contributed by atoms with Gasteiger partial charge in [-0.2, -0.15) is 0 Å². The van der Waals surface area contributed by atoms with Gasteiger partial charge >= 0.3 is 0 Å². The lowest BCUT2D eigenvalue weighted by Crippen LogP contribution is -2.17. The predicted octanol–water partition coefficient (Wildman–Crippen LogP) is 1.65. The van der Waals surface area contributed by atoms with Crippen LogP contribution in [0.15, 0.2) is 0 Å². The normalized spacial score (nSPS) is 13.5. The summed E-state index contributed by atoms with van der Waals surface area (Å²) in [5.41, 5.74) is 6.79. The molecule has 0 aliphatic heterocycles. The van der Waals surface area contributed by atoms with Crippen molar-refractivity contribution in [3.63, 3.8) is 0 Å². The Bertz CT molecular complexity index is 221. The standard InChI is InChI=1S/C8H14N2S/c1-5(9)4-8-10-6(2)7(3)11-8/h5H,4,9H2,1-3H3. The van der Waals surface area contributed by atoms with Crippen molar-refractivity contribution in [3.05, 3.63) is 15.6 Å². The van der Waals surface area contributed by atoms with E-state index in [0.29, 0.717) is 0 Å². The number of aromatic nitrogens is 1. The van der Waals surface area contributed by atoms with E-state index in [-0.39, 0.29) is 6.04 Å². The number of hydrogen-bond donors (Lipinski definition) is 1. The van der Waals surface area contributed by atoms with Gasteiger partial charge in [0.25, 0.3) is 0 Å². The van der Waals surface area contributed by atoms with E-state index in [1.54, 1.807) is 11.3 Å². The van der Waals surface area contributed by atoms with Crippen LogP contribution in [0.1, 0.15) is 22.5 Å². The van der Waals surface area contributed by atoms with Crippen molar-refractivity contribution in [3.8, 4) is 0 Å². The van der Waals surface area contributed by atoms with Crippen LogP contribution in [-0.2, 0) is 6.42 Å². The molecule has 62 valence electrons. The highest BCUT2D eigenvalue weighted by molar-refractivity contribution is 7.11. The summed E-state index contributed by atoms with van der Waals surface area (Å²) in [4.78, 5) is 5.70. The Labute approximate surface area is 71.5 Å². The Morgan fingerprint density at radius 2 is 2.18 bits per heavy atom. The molecule has 1 unspecified atom stereocenters. The van der Waals surface area contributed by atoms with Gasteiger partial charge in [-0.3, -0.25) is 0 Å². The van der Waals surface area contributed by atoms with Crippen molar-refractivity contribution < 1.29 is 0 Å². The largest absolute Gasteiger partial charge is 0.328 e. The quantitative estimate of drug-likeness (QED) is 0.733. The van der Waals surface area contributed by atoms with Gasteiger partial charge < -0.3 is 5.73 Å². The summed E-state index contributed by atoms with van der Waals surface area (Å²) >= 11 is 1.75. The zero-order chi connectivity index (χ0) is 8.43. The number of nitrogens with zero attached hydrogens (tertiary/aromatic N) is 1. The molecule has 0 spiro atoms. The molecule has 2 nitrogen and oxygen atoms in total. The zero-order valence-corrected chi connectivity index (χ0v) is 8.03. The Morgan fingerprint density at radius 1 is 1.55 bits per heavy atom. The fourth-order valence-electron chi connectivity index (χ4n) is 0.902. The Hall–Kier alpha value is -0.410. The highest BCUT2D eigenvalue weighted by atomic mass is 32.1.